The molecule has 0 bridgehead atoms. The van der Waals surface area contributed by atoms with Crippen LogP contribution >= 0.6 is 0 Å². The third kappa shape index (κ3) is 2.69. The molecule has 0 saturated heterocycles. The lowest BCUT2D eigenvalue weighted by molar-refractivity contribution is 0.410. The number of rotatable bonds is 3. The molecular formula is C17H14O4. The van der Waals surface area contributed by atoms with Crippen molar-refractivity contribution in [2.24, 2.45) is 0 Å². The molecule has 0 amide bonds. The largest absolute Gasteiger partial charge is 0.508 e. The van der Waals surface area contributed by atoms with E-state index in [9.17, 15) is 10.2 Å². The molecule has 0 spiro atoms. The predicted octanol–water partition coefficient (Wildman–Crippen LogP) is 4.46. The van der Waals surface area contributed by atoms with Gasteiger partial charge in [0.2, 0.25) is 0 Å². The summed E-state index contributed by atoms with van der Waals surface area (Å²) in [5.41, 5.74) is 1.55. The Balaban J connectivity index is 2.03. The van der Waals surface area contributed by atoms with E-state index < -0.39 is 0 Å². The van der Waals surface area contributed by atoms with Gasteiger partial charge in [-0.15, -0.1) is 0 Å². The molecule has 1 heterocycles. The van der Waals surface area contributed by atoms with Gasteiger partial charge in [0.15, 0.2) is 11.5 Å². The fourth-order valence-corrected chi connectivity index (χ4v) is 2.06. The second kappa shape index (κ2) is 5.25. The van der Waals surface area contributed by atoms with Gasteiger partial charge < -0.3 is 19.4 Å². The Bertz CT molecular complexity index is 760. The van der Waals surface area contributed by atoms with Gasteiger partial charge in [-0.05, 0) is 55.0 Å². The molecule has 0 aliphatic rings. The Morgan fingerprint density at radius 1 is 0.952 bits per heavy atom. The van der Waals surface area contributed by atoms with Crippen molar-refractivity contribution in [1.29, 1.82) is 0 Å². The highest BCUT2D eigenvalue weighted by Gasteiger charge is 2.13. The third-order valence-electron chi connectivity index (χ3n) is 3.08. The first-order valence-corrected chi connectivity index (χ1v) is 6.48. The van der Waals surface area contributed by atoms with E-state index in [4.69, 9.17) is 9.15 Å². The zero-order chi connectivity index (χ0) is 14.8. The molecule has 4 nitrogen and oxygen atoms in total. The molecule has 0 saturated carbocycles. The van der Waals surface area contributed by atoms with E-state index in [2.05, 4.69) is 0 Å². The first-order valence-electron chi connectivity index (χ1n) is 6.48. The van der Waals surface area contributed by atoms with E-state index in [0.717, 1.165) is 5.56 Å². The molecule has 2 aromatic carbocycles. The molecule has 106 valence electrons. The van der Waals surface area contributed by atoms with E-state index in [0.29, 0.717) is 22.8 Å². The number of aromatic hydroxyl groups is 2. The Morgan fingerprint density at radius 3 is 2.48 bits per heavy atom. The lowest BCUT2D eigenvalue weighted by atomic mass is 10.1. The monoisotopic (exact) mass is 282 g/mol. The number of benzene rings is 2. The summed E-state index contributed by atoms with van der Waals surface area (Å²) < 4.78 is 11.1. The van der Waals surface area contributed by atoms with Crippen molar-refractivity contribution in [2.75, 3.05) is 0 Å². The first-order chi connectivity index (χ1) is 10.1. The van der Waals surface area contributed by atoms with Crippen LogP contribution in [0.2, 0.25) is 0 Å². The molecular weight excluding hydrogens is 268 g/mol. The fourth-order valence-electron chi connectivity index (χ4n) is 2.06. The van der Waals surface area contributed by atoms with Crippen molar-refractivity contribution in [1.82, 2.24) is 0 Å². The minimum Gasteiger partial charge on any atom is -0.508 e. The molecule has 0 atom stereocenters. The maximum atomic E-state index is 9.93. The van der Waals surface area contributed by atoms with Crippen LogP contribution in [0.3, 0.4) is 0 Å². The highest BCUT2D eigenvalue weighted by molar-refractivity contribution is 5.68. The van der Waals surface area contributed by atoms with Crippen LogP contribution in [0.5, 0.6) is 23.0 Å². The minimum atomic E-state index is 0.0634. The molecule has 1 aromatic heterocycles. The van der Waals surface area contributed by atoms with Crippen molar-refractivity contribution >= 4 is 0 Å². The SMILES string of the molecule is Cc1ccc(Oc2ccc(O)cc2-c2ccco2)c(O)c1. The number of phenols is 2. The van der Waals surface area contributed by atoms with E-state index in [1.54, 1.807) is 42.7 Å². The van der Waals surface area contributed by atoms with Gasteiger partial charge in [-0.1, -0.05) is 6.07 Å². The molecule has 0 fully saturated rings. The fraction of sp³-hybridized carbons (Fsp3) is 0.0588. The number of ether oxygens (including phenoxy) is 1. The van der Waals surface area contributed by atoms with E-state index >= 15 is 0 Å². The van der Waals surface area contributed by atoms with Crippen LogP contribution < -0.4 is 4.74 Å². The number of aryl methyl sites for hydroxylation is 1. The summed E-state index contributed by atoms with van der Waals surface area (Å²) in [5, 5.41) is 19.6. The summed E-state index contributed by atoms with van der Waals surface area (Å²) in [5.74, 6) is 1.59. The van der Waals surface area contributed by atoms with Gasteiger partial charge in [-0.25, -0.2) is 0 Å². The van der Waals surface area contributed by atoms with Crippen molar-refractivity contribution in [3.8, 4) is 34.3 Å². The van der Waals surface area contributed by atoms with Gasteiger partial charge in [0.25, 0.3) is 0 Å². The van der Waals surface area contributed by atoms with E-state index in [1.165, 1.54) is 6.07 Å². The van der Waals surface area contributed by atoms with E-state index in [-0.39, 0.29) is 11.5 Å². The normalized spacial score (nSPS) is 10.5. The Hall–Kier alpha value is -2.88. The second-order valence-electron chi connectivity index (χ2n) is 4.73. The van der Waals surface area contributed by atoms with Crippen molar-refractivity contribution in [3.05, 3.63) is 60.4 Å². The second-order valence-corrected chi connectivity index (χ2v) is 4.73. The van der Waals surface area contributed by atoms with Crippen LogP contribution in [0.25, 0.3) is 11.3 Å². The van der Waals surface area contributed by atoms with Crippen LogP contribution in [-0.4, -0.2) is 10.2 Å². The van der Waals surface area contributed by atoms with Gasteiger partial charge in [-0.3, -0.25) is 0 Å². The molecule has 3 rings (SSSR count). The Morgan fingerprint density at radius 2 is 1.76 bits per heavy atom. The average molecular weight is 282 g/mol. The molecule has 0 aliphatic heterocycles. The maximum absolute atomic E-state index is 9.93. The van der Waals surface area contributed by atoms with Gasteiger partial charge in [0, 0.05) is 0 Å². The highest BCUT2D eigenvalue weighted by Crippen LogP contribution is 2.38. The lowest BCUT2D eigenvalue weighted by Gasteiger charge is -2.11. The Labute approximate surface area is 121 Å². The predicted molar refractivity (Wildman–Crippen MR) is 78.7 cm³/mol. The number of phenolic OH excluding ortho intramolecular Hbond substituents is 2. The van der Waals surface area contributed by atoms with Gasteiger partial charge in [-0.2, -0.15) is 0 Å². The van der Waals surface area contributed by atoms with E-state index in [1.807, 2.05) is 13.0 Å². The average Bonchev–Trinajstić information content (AvgIpc) is 2.97. The molecule has 0 radical (unpaired) electrons. The van der Waals surface area contributed by atoms with Crippen LogP contribution in [0.1, 0.15) is 5.56 Å². The number of hydrogen-bond acceptors (Lipinski definition) is 4. The van der Waals surface area contributed by atoms with Gasteiger partial charge in [0.05, 0.1) is 11.8 Å². The molecule has 0 aliphatic carbocycles. The van der Waals surface area contributed by atoms with Crippen molar-refractivity contribution in [2.45, 2.75) is 6.92 Å². The van der Waals surface area contributed by atoms with Crippen LogP contribution in [0, 0.1) is 6.92 Å². The topological polar surface area (TPSA) is 62.8 Å². The molecule has 2 N–H and O–H groups in total. The number of hydrogen-bond donors (Lipinski definition) is 2. The molecule has 4 heteroatoms. The smallest absolute Gasteiger partial charge is 0.169 e. The summed E-state index contributed by atoms with van der Waals surface area (Å²) in [6, 6.07) is 13.4. The summed E-state index contributed by atoms with van der Waals surface area (Å²) >= 11 is 0. The van der Waals surface area contributed by atoms with Gasteiger partial charge in [0.1, 0.15) is 17.3 Å². The van der Waals surface area contributed by atoms with Crippen LogP contribution in [0.4, 0.5) is 0 Å². The maximum Gasteiger partial charge on any atom is 0.169 e. The summed E-state index contributed by atoms with van der Waals surface area (Å²) in [6.45, 7) is 1.89. The van der Waals surface area contributed by atoms with Gasteiger partial charge >= 0.3 is 0 Å². The molecule has 0 unspecified atom stereocenters. The standard InChI is InChI=1S/C17H14O4/c1-11-4-6-17(14(19)9-11)21-16-7-5-12(18)10-13(16)15-3-2-8-20-15/h2-10,18-19H,1H3. The summed E-state index contributed by atoms with van der Waals surface area (Å²) in [4.78, 5) is 0. The zero-order valence-corrected chi connectivity index (χ0v) is 11.4. The quantitative estimate of drug-likeness (QED) is 0.744. The number of furan rings is 1. The first kappa shape index (κ1) is 13.1. The van der Waals surface area contributed by atoms with Crippen LogP contribution in [0.15, 0.2) is 59.2 Å². The Kier molecular flexibility index (Phi) is 3.28. The minimum absolute atomic E-state index is 0.0634. The van der Waals surface area contributed by atoms with Crippen molar-refractivity contribution in [3.63, 3.8) is 0 Å². The zero-order valence-electron chi connectivity index (χ0n) is 11.4. The molecule has 21 heavy (non-hydrogen) atoms. The summed E-state index contributed by atoms with van der Waals surface area (Å²) in [7, 11) is 0. The lowest BCUT2D eigenvalue weighted by Crippen LogP contribution is -1.89. The third-order valence-corrected chi connectivity index (χ3v) is 3.08. The van der Waals surface area contributed by atoms with Crippen molar-refractivity contribution < 1.29 is 19.4 Å². The highest BCUT2D eigenvalue weighted by atomic mass is 16.5. The molecule has 3 aromatic rings. The summed E-state index contributed by atoms with van der Waals surface area (Å²) in [6.07, 6.45) is 1.55. The van der Waals surface area contributed by atoms with Crippen LogP contribution in [-0.2, 0) is 0 Å².